The fourth-order valence-electron chi connectivity index (χ4n) is 1.53. The third kappa shape index (κ3) is 2.42. The topological polar surface area (TPSA) is 29.5 Å². The highest BCUT2D eigenvalue weighted by Gasteiger charge is 2.22. The van der Waals surface area contributed by atoms with E-state index in [4.69, 9.17) is 4.74 Å². The number of benzene rings is 1. The molecule has 3 heteroatoms. The molecule has 0 bridgehead atoms. The van der Waals surface area contributed by atoms with E-state index in [1.165, 1.54) is 0 Å². The molecule has 0 saturated carbocycles. The van der Waals surface area contributed by atoms with Gasteiger partial charge in [-0.1, -0.05) is 24.8 Å². The Morgan fingerprint density at radius 3 is 3.00 bits per heavy atom. The van der Waals surface area contributed by atoms with Crippen LogP contribution in [0.1, 0.15) is 13.3 Å². The van der Waals surface area contributed by atoms with Crippen LogP contribution < -0.4 is 0 Å². The largest absolute Gasteiger partial charge is 0.508 e. The van der Waals surface area contributed by atoms with Gasteiger partial charge in [-0.05, 0) is 30.5 Å². The third-order valence-electron chi connectivity index (χ3n) is 2.25. The number of aromatic hydroxyl groups is 1. The molecule has 2 nitrogen and oxygen atoms in total. The maximum atomic E-state index is 9.28. The van der Waals surface area contributed by atoms with Crippen molar-refractivity contribution in [2.24, 2.45) is 5.92 Å². The lowest BCUT2D eigenvalue weighted by Gasteiger charge is -2.08. The number of phenolic OH excluding ortho intramolecular Hbond substituents is 1. The van der Waals surface area contributed by atoms with Crippen molar-refractivity contribution in [3.05, 3.63) is 24.3 Å². The smallest absolute Gasteiger partial charge is 0.116 e. The lowest BCUT2D eigenvalue weighted by atomic mass is 10.2. The van der Waals surface area contributed by atoms with Crippen LogP contribution in [0.4, 0.5) is 0 Å². The average Bonchev–Trinajstić information content (AvgIpc) is 2.51. The Balaban J connectivity index is 1.97. The summed E-state index contributed by atoms with van der Waals surface area (Å²) in [4.78, 5) is 1.07. The van der Waals surface area contributed by atoms with Gasteiger partial charge in [-0.15, -0.1) is 0 Å². The van der Waals surface area contributed by atoms with E-state index < -0.39 is 0 Å². The first kappa shape index (κ1) is 9.87. The summed E-state index contributed by atoms with van der Waals surface area (Å²) >= 11 is 1.69. The maximum Gasteiger partial charge on any atom is 0.116 e. The van der Waals surface area contributed by atoms with Crippen molar-refractivity contribution < 1.29 is 9.84 Å². The van der Waals surface area contributed by atoms with Crippen LogP contribution in [0.5, 0.6) is 5.75 Å². The number of thioether (sulfide) groups is 1. The van der Waals surface area contributed by atoms with Gasteiger partial charge in [0.15, 0.2) is 0 Å². The number of ether oxygens (including phenoxy) is 1. The van der Waals surface area contributed by atoms with E-state index in [-0.39, 0.29) is 5.44 Å². The molecule has 76 valence electrons. The SMILES string of the molecule is C[C@H]1COC(Sc2cccc(O)c2)C1. The van der Waals surface area contributed by atoms with Crippen molar-refractivity contribution >= 4 is 11.8 Å². The van der Waals surface area contributed by atoms with Gasteiger partial charge in [-0.3, -0.25) is 0 Å². The molecule has 0 aromatic heterocycles. The fourth-order valence-corrected chi connectivity index (χ4v) is 2.75. The third-order valence-corrected chi connectivity index (χ3v) is 3.36. The molecular weight excluding hydrogens is 196 g/mol. The number of hydrogen-bond donors (Lipinski definition) is 1. The van der Waals surface area contributed by atoms with Gasteiger partial charge in [0.05, 0.1) is 6.61 Å². The quantitative estimate of drug-likeness (QED) is 0.814. The Morgan fingerprint density at radius 1 is 1.50 bits per heavy atom. The molecule has 0 aliphatic carbocycles. The molecule has 2 rings (SSSR count). The van der Waals surface area contributed by atoms with E-state index in [2.05, 4.69) is 6.92 Å². The van der Waals surface area contributed by atoms with Crippen LogP contribution in [0.3, 0.4) is 0 Å². The summed E-state index contributed by atoms with van der Waals surface area (Å²) in [6, 6.07) is 7.31. The van der Waals surface area contributed by atoms with Crippen molar-refractivity contribution in [1.82, 2.24) is 0 Å². The number of phenols is 1. The zero-order valence-corrected chi connectivity index (χ0v) is 8.96. The van der Waals surface area contributed by atoms with Gasteiger partial charge in [0.2, 0.25) is 0 Å². The van der Waals surface area contributed by atoms with Crippen molar-refractivity contribution in [3.8, 4) is 5.75 Å². The summed E-state index contributed by atoms with van der Waals surface area (Å²) in [6.45, 7) is 3.06. The van der Waals surface area contributed by atoms with Crippen molar-refractivity contribution in [2.75, 3.05) is 6.61 Å². The Labute approximate surface area is 88.3 Å². The van der Waals surface area contributed by atoms with E-state index in [0.717, 1.165) is 17.9 Å². The minimum Gasteiger partial charge on any atom is -0.508 e. The number of rotatable bonds is 2. The Kier molecular flexibility index (Phi) is 2.99. The van der Waals surface area contributed by atoms with E-state index >= 15 is 0 Å². The lowest BCUT2D eigenvalue weighted by Crippen LogP contribution is -1.97. The predicted molar refractivity (Wildman–Crippen MR) is 57.5 cm³/mol. The van der Waals surface area contributed by atoms with Crippen LogP contribution in [0.25, 0.3) is 0 Å². The molecule has 1 unspecified atom stereocenters. The van der Waals surface area contributed by atoms with Gasteiger partial charge in [-0.2, -0.15) is 0 Å². The molecule has 0 radical (unpaired) electrons. The number of hydrogen-bond acceptors (Lipinski definition) is 3. The molecule has 1 aliphatic rings. The zero-order valence-electron chi connectivity index (χ0n) is 8.14. The minimum atomic E-state index is 0.256. The summed E-state index contributed by atoms with van der Waals surface area (Å²) in [5.74, 6) is 0.978. The van der Waals surface area contributed by atoms with E-state index in [0.29, 0.717) is 11.7 Å². The molecule has 1 aliphatic heterocycles. The van der Waals surface area contributed by atoms with Crippen LogP contribution in [0, 0.1) is 5.92 Å². The summed E-state index contributed by atoms with van der Waals surface area (Å²) in [6.07, 6.45) is 1.10. The van der Waals surface area contributed by atoms with E-state index in [1.807, 2.05) is 12.1 Å². The first-order chi connectivity index (χ1) is 6.74. The van der Waals surface area contributed by atoms with Crippen LogP contribution >= 0.6 is 11.8 Å². The molecule has 1 N–H and O–H groups in total. The monoisotopic (exact) mass is 210 g/mol. The second-order valence-electron chi connectivity index (χ2n) is 3.72. The van der Waals surface area contributed by atoms with Gasteiger partial charge < -0.3 is 9.84 Å². The molecule has 1 heterocycles. The second-order valence-corrected chi connectivity index (χ2v) is 4.95. The van der Waals surface area contributed by atoms with Gasteiger partial charge in [0.1, 0.15) is 11.2 Å². The normalized spacial score (nSPS) is 26.6. The molecule has 14 heavy (non-hydrogen) atoms. The van der Waals surface area contributed by atoms with Gasteiger partial charge in [-0.25, -0.2) is 0 Å². The van der Waals surface area contributed by atoms with Crippen LogP contribution in [-0.4, -0.2) is 17.1 Å². The summed E-state index contributed by atoms with van der Waals surface area (Å²) in [5, 5.41) is 9.28. The van der Waals surface area contributed by atoms with E-state index in [9.17, 15) is 5.11 Å². The molecule has 0 spiro atoms. The van der Waals surface area contributed by atoms with Gasteiger partial charge in [0.25, 0.3) is 0 Å². The molecule has 0 amide bonds. The zero-order chi connectivity index (χ0) is 9.97. The van der Waals surface area contributed by atoms with Crippen LogP contribution in [-0.2, 0) is 4.74 Å². The predicted octanol–water partition coefficient (Wildman–Crippen LogP) is 2.87. The molecule has 1 aromatic rings. The highest BCUT2D eigenvalue weighted by Crippen LogP contribution is 2.34. The van der Waals surface area contributed by atoms with Gasteiger partial charge in [0, 0.05) is 4.90 Å². The molecular formula is C11H14O2S. The first-order valence-corrected chi connectivity index (χ1v) is 5.69. The molecule has 2 atom stereocenters. The van der Waals surface area contributed by atoms with Crippen LogP contribution in [0.15, 0.2) is 29.2 Å². The average molecular weight is 210 g/mol. The first-order valence-electron chi connectivity index (χ1n) is 4.81. The Bertz CT molecular complexity index is 314. The lowest BCUT2D eigenvalue weighted by molar-refractivity contribution is 0.166. The van der Waals surface area contributed by atoms with E-state index in [1.54, 1.807) is 23.9 Å². The Hall–Kier alpha value is -0.670. The minimum absolute atomic E-state index is 0.256. The summed E-state index contributed by atoms with van der Waals surface area (Å²) < 4.78 is 5.59. The maximum absolute atomic E-state index is 9.28. The highest BCUT2D eigenvalue weighted by atomic mass is 32.2. The summed E-state index contributed by atoms with van der Waals surface area (Å²) in [7, 11) is 0. The van der Waals surface area contributed by atoms with Crippen molar-refractivity contribution in [2.45, 2.75) is 23.7 Å². The van der Waals surface area contributed by atoms with Crippen LogP contribution in [0.2, 0.25) is 0 Å². The second kappa shape index (κ2) is 4.24. The summed E-state index contributed by atoms with van der Waals surface area (Å²) in [5.41, 5.74) is 0.256. The fraction of sp³-hybridized carbons (Fsp3) is 0.455. The molecule has 1 aromatic carbocycles. The van der Waals surface area contributed by atoms with Crippen molar-refractivity contribution in [3.63, 3.8) is 0 Å². The molecule has 1 fully saturated rings. The highest BCUT2D eigenvalue weighted by molar-refractivity contribution is 7.99. The molecule has 1 saturated heterocycles. The van der Waals surface area contributed by atoms with Gasteiger partial charge >= 0.3 is 0 Å². The Morgan fingerprint density at radius 2 is 2.36 bits per heavy atom. The standard InChI is InChI=1S/C11H14O2S/c1-8-5-11(13-7-8)14-10-4-2-3-9(12)6-10/h2-4,6,8,11-12H,5,7H2,1H3/t8-,11?/m1/s1. The van der Waals surface area contributed by atoms with Crippen molar-refractivity contribution in [1.29, 1.82) is 0 Å².